The van der Waals surface area contributed by atoms with Crippen LogP contribution >= 0.6 is 0 Å². The average molecular weight is 565 g/mol. The molecular weight excluding hydrogens is 536 g/mol. The minimum Gasteiger partial charge on any atom is -0.341 e. The van der Waals surface area contributed by atoms with Crippen LogP contribution < -0.4 is 16.4 Å². The van der Waals surface area contributed by atoms with Gasteiger partial charge in [0.2, 0.25) is 0 Å². The molecule has 5 rings (SSSR count). The zero-order valence-electron chi connectivity index (χ0n) is 22.0. The Labute approximate surface area is 234 Å². The van der Waals surface area contributed by atoms with E-state index in [2.05, 4.69) is 21.8 Å². The lowest BCUT2D eigenvalue weighted by Crippen LogP contribution is -2.39. The van der Waals surface area contributed by atoms with E-state index in [0.717, 1.165) is 35.2 Å². The average Bonchev–Trinajstić information content (AvgIpc) is 3.68. The fourth-order valence-corrected chi connectivity index (χ4v) is 4.82. The Kier molecular flexibility index (Phi) is 8.06. The molecule has 0 aliphatic heterocycles. The number of nitrogens with zero attached hydrogens (tertiary/aromatic N) is 3. The second-order valence-corrected chi connectivity index (χ2v) is 10.2. The van der Waals surface area contributed by atoms with Gasteiger partial charge in [-0.05, 0) is 78.8 Å². The van der Waals surface area contributed by atoms with E-state index in [-0.39, 0.29) is 30.4 Å². The molecule has 41 heavy (non-hydrogen) atoms. The van der Waals surface area contributed by atoms with E-state index >= 15 is 4.39 Å². The summed E-state index contributed by atoms with van der Waals surface area (Å²) in [5.74, 6) is -0.986. The number of hydrogen-bond acceptors (Lipinski definition) is 5. The van der Waals surface area contributed by atoms with Crippen LogP contribution in [0.25, 0.3) is 5.69 Å². The van der Waals surface area contributed by atoms with E-state index < -0.39 is 29.6 Å². The zero-order chi connectivity index (χ0) is 29.1. The smallest absolute Gasteiger partial charge is 0.341 e. The number of carbonyl (C=O) groups is 1. The Hall–Kier alpha value is -4.27. The minimum absolute atomic E-state index is 0.0795. The number of carbonyl (C=O) groups excluding carboxylic acids is 1. The van der Waals surface area contributed by atoms with Gasteiger partial charge in [-0.2, -0.15) is 23.5 Å². The van der Waals surface area contributed by atoms with Crippen molar-refractivity contribution in [2.45, 2.75) is 44.1 Å². The Morgan fingerprint density at radius 2 is 1.93 bits per heavy atom. The maximum atomic E-state index is 15.0. The third kappa shape index (κ3) is 6.56. The van der Waals surface area contributed by atoms with Crippen LogP contribution in [0.4, 0.5) is 17.6 Å². The van der Waals surface area contributed by atoms with Crippen molar-refractivity contribution in [2.24, 2.45) is 11.7 Å². The molecule has 1 aromatic heterocycles. The molecule has 2 aliphatic carbocycles. The molecule has 2 unspecified atom stereocenters. The van der Waals surface area contributed by atoms with E-state index in [9.17, 15) is 23.2 Å². The first-order valence-electron chi connectivity index (χ1n) is 13.2. The first-order chi connectivity index (χ1) is 19.7. The van der Waals surface area contributed by atoms with Crippen molar-refractivity contribution in [2.75, 3.05) is 6.54 Å². The number of nitriles is 1. The molecule has 11 heteroatoms. The van der Waals surface area contributed by atoms with Gasteiger partial charge in [0, 0.05) is 12.6 Å². The monoisotopic (exact) mass is 564 g/mol. The number of aromatic nitrogens is 2. The van der Waals surface area contributed by atoms with Crippen molar-refractivity contribution in [3.63, 3.8) is 0 Å². The molecule has 1 heterocycles. The van der Waals surface area contributed by atoms with Crippen LogP contribution in [-0.2, 0) is 12.7 Å². The van der Waals surface area contributed by atoms with Gasteiger partial charge < -0.3 is 16.4 Å². The van der Waals surface area contributed by atoms with Crippen molar-refractivity contribution < 1.29 is 22.4 Å². The molecule has 0 bridgehead atoms. The van der Waals surface area contributed by atoms with Gasteiger partial charge in [0.1, 0.15) is 11.5 Å². The molecule has 1 fully saturated rings. The highest BCUT2D eigenvalue weighted by atomic mass is 19.4. The number of hydrogen-bond donors (Lipinski definition) is 3. The Morgan fingerprint density at radius 1 is 1.15 bits per heavy atom. The molecule has 0 radical (unpaired) electrons. The molecule has 2 aliphatic rings. The highest BCUT2D eigenvalue weighted by molar-refractivity contribution is 5.93. The van der Waals surface area contributed by atoms with Crippen LogP contribution in [0, 0.1) is 17.2 Å². The Balaban J connectivity index is 1.42. The molecule has 3 aromatic rings. The fourth-order valence-electron chi connectivity index (χ4n) is 4.82. The normalized spacial score (nSPS) is 17.8. The van der Waals surface area contributed by atoms with Crippen LogP contribution in [-0.4, -0.2) is 28.3 Å². The van der Waals surface area contributed by atoms with Gasteiger partial charge in [0.05, 0.1) is 29.4 Å². The zero-order valence-corrected chi connectivity index (χ0v) is 22.0. The predicted molar refractivity (Wildman–Crippen MR) is 144 cm³/mol. The topological polar surface area (TPSA) is 109 Å². The van der Waals surface area contributed by atoms with Crippen LogP contribution in [0.5, 0.6) is 0 Å². The number of rotatable bonds is 9. The summed E-state index contributed by atoms with van der Waals surface area (Å²) in [6.45, 7) is 0.881. The lowest BCUT2D eigenvalue weighted by atomic mass is 9.89. The maximum Gasteiger partial charge on any atom is 0.435 e. The van der Waals surface area contributed by atoms with Crippen molar-refractivity contribution in [1.82, 2.24) is 20.4 Å². The predicted octanol–water partition coefficient (Wildman–Crippen LogP) is 5.24. The van der Waals surface area contributed by atoms with E-state index in [4.69, 9.17) is 5.73 Å². The standard InChI is InChI=1S/C30H28F4N6O/c31-24-10-9-22(28(37-17-18-7-8-18)21-5-1-3-19(11-21)15-35)13-25(24)38-29(41)26-14-27(30(32,33)34)39-40(26)23-6-2-4-20(12-23)16-36/h1-6,9-12,14,18,25,28,37H,7-8,13,16-17,36H2,(H,38,41). The molecule has 0 saturated heterocycles. The summed E-state index contributed by atoms with van der Waals surface area (Å²) in [4.78, 5) is 13.4. The molecular formula is C30H28F4N6O. The molecule has 2 atom stereocenters. The first kappa shape index (κ1) is 28.3. The second kappa shape index (κ2) is 11.7. The van der Waals surface area contributed by atoms with Crippen molar-refractivity contribution >= 4 is 5.91 Å². The third-order valence-electron chi connectivity index (χ3n) is 7.19. The number of nitrogens with one attached hydrogen (secondary N) is 2. The van der Waals surface area contributed by atoms with E-state index in [1.807, 2.05) is 6.07 Å². The van der Waals surface area contributed by atoms with Crippen LogP contribution in [0.3, 0.4) is 0 Å². The van der Waals surface area contributed by atoms with E-state index in [0.29, 0.717) is 23.1 Å². The summed E-state index contributed by atoms with van der Waals surface area (Å²) in [6, 6.07) is 14.8. The number of halogens is 4. The summed E-state index contributed by atoms with van der Waals surface area (Å²) in [6.07, 6.45) is 0.420. The largest absolute Gasteiger partial charge is 0.435 e. The second-order valence-electron chi connectivity index (χ2n) is 10.2. The van der Waals surface area contributed by atoms with Crippen LogP contribution in [0.1, 0.15) is 58.2 Å². The highest BCUT2D eigenvalue weighted by Crippen LogP contribution is 2.34. The lowest BCUT2D eigenvalue weighted by molar-refractivity contribution is -0.141. The summed E-state index contributed by atoms with van der Waals surface area (Å²) in [5.41, 5.74) is 6.98. The molecule has 212 valence electrons. The Bertz CT molecular complexity index is 1550. The number of amides is 1. The highest BCUT2D eigenvalue weighted by Gasteiger charge is 2.37. The quantitative estimate of drug-likeness (QED) is 0.308. The summed E-state index contributed by atoms with van der Waals surface area (Å²) in [5, 5.41) is 19.1. The van der Waals surface area contributed by atoms with E-state index in [1.165, 1.54) is 18.2 Å². The molecule has 1 saturated carbocycles. The maximum absolute atomic E-state index is 15.0. The van der Waals surface area contributed by atoms with Gasteiger partial charge in [-0.3, -0.25) is 4.79 Å². The summed E-state index contributed by atoms with van der Waals surface area (Å²) >= 11 is 0. The summed E-state index contributed by atoms with van der Waals surface area (Å²) in [7, 11) is 0. The molecule has 1 amide bonds. The number of benzene rings is 2. The Morgan fingerprint density at radius 3 is 2.63 bits per heavy atom. The number of alkyl halides is 3. The molecule has 7 nitrogen and oxygen atoms in total. The van der Waals surface area contributed by atoms with Crippen LogP contribution in [0.15, 0.2) is 78.1 Å². The van der Waals surface area contributed by atoms with Gasteiger partial charge in [0.15, 0.2) is 5.69 Å². The molecule has 2 aromatic carbocycles. The molecule has 4 N–H and O–H groups in total. The lowest BCUT2D eigenvalue weighted by Gasteiger charge is -2.28. The first-order valence-corrected chi connectivity index (χ1v) is 13.2. The third-order valence-corrected chi connectivity index (χ3v) is 7.19. The van der Waals surface area contributed by atoms with Gasteiger partial charge >= 0.3 is 6.18 Å². The SMILES string of the molecule is N#Cc1cccc(C(NCC2CC2)C2=CC=C(F)C(NC(=O)c3cc(C(F)(F)F)nn3-c3cccc(CN)c3)C2)c1. The van der Waals surface area contributed by atoms with Gasteiger partial charge in [-0.15, -0.1) is 0 Å². The van der Waals surface area contributed by atoms with Crippen molar-refractivity contribution in [3.05, 3.63) is 106 Å². The van der Waals surface area contributed by atoms with Gasteiger partial charge in [0.25, 0.3) is 5.91 Å². The minimum atomic E-state index is -4.80. The number of allylic oxidation sites excluding steroid dienone is 2. The van der Waals surface area contributed by atoms with Gasteiger partial charge in [-0.25, -0.2) is 9.07 Å². The van der Waals surface area contributed by atoms with E-state index in [1.54, 1.807) is 36.4 Å². The van der Waals surface area contributed by atoms with Crippen molar-refractivity contribution in [1.29, 1.82) is 5.26 Å². The van der Waals surface area contributed by atoms with Gasteiger partial charge in [-0.1, -0.05) is 30.3 Å². The fraction of sp³-hybridized carbons (Fsp3) is 0.300. The van der Waals surface area contributed by atoms with Crippen LogP contribution in [0.2, 0.25) is 0 Å². The number of nitrogens with two attached hydrogens (primary N) is 1. The summed E-state index contributed by atoms with van der Waals surface area (Å²) < 4.78 is 56.7. The molecule has 0 spiro atoms. The van der Waals surface area contributed by atoms with Crippen molar-refractivity contribution in [3.8, 4) is 11.8 Å².